The Balaban J connectivity index is 1.22. The average molecular weight is 556 g/mol. The molecule has 0 radical (unpaired) electrons. The van der Waals surface area contributed by atoms with Crippen molar-refractivity contribution in [2.45, 2.75) is 62.3 Å². The van der Waals surface area contributed by atoms with Gasteiger partial charge in [-0.3, -0.25) is 19.7 Å². The third-order valence-corrected chi connectivity index (χ3v) is 8.88. The highest BCUT2D eigenvalue weighted by Crippen LogP contribution is 2.32. The summed E-state index contributed by atoms with van der Waals surface area (Å²) >= 11 is 0. The van der Waals surface area contributed by atoms with Crippen LogP contribution in [0.15, 0.2) is 42.5 Å². The topological polar surface area (TPSA) is 180 Å². The molecule has 0 bridgehead atoms. The number of aromatic amines is 1. The second-order valence-electron chi connectivity index (χ2n) is 9.80. The van der Waals surface area contributed by atoms with Crippen molar-refractivity contribution >= 4 is 50.5 Å². The van der Waals surface area contributed by atoms with Gasteiger partial charge >= 0.3 is 5.97 Å². The number of hydrogen-bond acceptors (Lipinski definition) is 7. The number of anilines is 2. The number of amides is 2. The zero-order valence-corrected chi connectivity index (χ0v) is 21.8. The molecule has 3 aromatic rings. The van der Waals surface area contributed by atoms with Crippen molar-refractivity contribution in [2.75, 3.05) is 10.6 Å². The Morgan fingerprint density at radius 2 is 1.90 bits per heavy atom. The predicted molar refractivity (Wildman–Crippen MR) is 143 cm³/mol. The Morgan fingerprint density at radius 1 is 1.13 bits per heavy atom. The number of aliphatic carboxylic acids is 1. The second kappa shape index (κ2) is 11.0. The van der Waals surface area contributed by atoms with Gasteiger partial charge in [-0.15, -0.1) is 0 Å². The summed E-state index contributed by atoms with van der Waals surface area (Å²) in [7, 11) is -3.79. The lowest BCUT2D eigenvalue weighted by Gasteiger charge is -2.26. The molecule has 12 nitrogen and oxygen atoms in total. The van der Waals surface area contributed by atoms with Gasteiger partial charge in [-0.25, -0.2) is 18.1 Å². The number of imidazole rings is 1. The highest BCUT2D eigenvalue weighted by Gasteiger charge is 2.33. The lowest BCUT2D eigenvalue weighted by atomic mass is 10.0. The summed E-state index contributed by atoms with van der Waals surface area (Å²) in [5.41, 5.74) is 2.26. The number of hydrogen-bond donors (Lipinski definition) is 5. The molecule has 39 heavy (non-hydrogen) atoms. The van der Waals surface area contributed by atoms with E-state index in [0.717, 1.165) is 24.8 Å². The Labute approximate surface area is 224 Å². The minimum Gasteiger partial charge on any atom is -0.480 e. The van der Waals surface area contributed by atoms with E-state index in [0.29, 0.717) is 35.4 Å². The first-order valence-electron chi connectivity index (χ1n) is 12.8. The number of benzene rings is 2. The van der Waals surface area contributed by atoms with Gasteiger partial charge in [0.1, 0.15) is 11.8 Å². The van der Waals surface area contributed by atoms with Crippen LogP contribution in [-0.2, 0) is 30.8 Å². The minimum absolute atomic E-state index is 0.117. The number of fused-ring (bicyclic) bond motifs is 2. The molecule has 5 rings (SSSR count). The fourth-order valence-electron chi connectivity index (χ4n) is 4.91. The van der Waals surface area contributed by atoms with E-state index in [4.69, 9.17) is 4.74 Å². The van der Waals surface area contributed by atoms with Crippen LogP contribution in [0.2, 0.25) is 0 Å². The van der Waals surface area contributed by atoms with Crippen LogP contribution in [-0.4, -0.2) is 58.7 Å². The molecule has 0 saturated heterocycles. The van der Waals surface area contributed by atoms with Gasteiger partial charge in [0.25, 0.3) is 5.91 Å². The summed E-state index contributed by atoms with van der Waals surface area (Å²) in [5, 5.41) is 14.4. The van der Waals surface area contributed by atoms with Crippen molar-refractivity contribution in [1.29, 1.82) is 0 Å². The van der Waals surface area contributed by atoms with E-state index in [1.807, 2.05) is 18.2 Å². The maximum absolute atomic E-state index is 12.8. The number of carbonyl (C=O) groups excluding carboxylic acids is 2. The van der Waals surface area contributed by atoms with E-state index in [9.17, 15) is 27.9 Å². The number of nitrogens with one attached hydrogen (secondary N) is 4. The molecule has 1 unspecified atom stereocenters. The number of ether oxygens (including phenoxy) is 1. The Bertz CT molecular complexity index is 1480. The van der Waals surface area contributed by atoms with Gasteiger partial charge in [-0.2, -0.15) is 0 Å². The molecule has 1 saturated carbocycles. The van der Waals surface area contributed by atoms with Crippen LogP contribution in [0.25, 0.3) is 11.0 Å². The van der Waals surface area contributed by atoms with Crippen molar-refractivity contribution in [2.24, 2.45) is 0 Å². The Kier molecular flexibility index (Phi) is 7.53. The van der Waals surface area contributed by atoms with E-state index in [1.165, 1.54) is 0 Å². The fourth-order valence-corrected chi connectivity index (χ4v) is 6.63. The number of carboxylic acids is 1. The maximum atomic E-state index is 12.8. The van der Waals surface area contributed by atoms with Crippen LogP contribution in [0.5, 0.6) is 5.75 Å². The standard InChI is InChI=1S/C26H29N5O7S/c32-23(30-26-28-17-8-4-5-9-18(17)29-26)14-22-24(33)27-19-12-15(10-11-21(19)38-22)13-20(25(34)35)31-39(36,37)16-6-2-1-3-7-16/h4-5,8-12,16,20,22,31H,1-3,6-7,13-14H2,(H,27,33)(H,34,35)(H2,28,29,30,32)/t20-,22?/m0/s1. The molecule has 1 aliphatic heterocycles. The SMILES string of the molecule is O=C(CC1Oc2ccc(C[C@H](NS(=O)(=O)C3CCCCC3)C(=O)O)cc2NC1=O)Nc1nc2ccccc2[nH]1. The van der Waals surface area contributed by atoms with Gasteiger partial charge in [-0.1, -0.05) is 37.5 Å². The number of rotatable bonds is 9. The summed E-state index contributed by atoms with van der Waals surface area (Å²) in [6.45, 7) is 0. The van der Waals surface area contributed by atoms with E-state index in [-0.39, 0.29) is 18.8 Å². The minimum atomic E-state index is -3.79. The first-order chi connectivity index (χ1) is 18.7. The summed E-state index contributed by atoms with van der Waals surface area (Å²) in [5.74, 6) is -1.72. The normalized spacial score (nSPS) is 18.6. The molecule has 2 heterocycles. The molecule has 1 aliphatic carbocycles. The predicted octanol–water partition coefficient (Wildman–Crippen LogP) is 2.54. The third-order valence-electron chi connectivity index (χ3n) is 6.92. The number of H-pyrrole nitrogens is 1. The van der Waals surface area contributed by atoms with E-state index in [1.54, 1.807) is 24.3 Å². The van der Waals surface area contributed by atoms with Crippen molar-refractivity contribution in [3.05, 3.63) is 48.0 Å². The van der Waals surface area contributed by atoms with Crippen molar-refractivity contribution < 1.29 is 32.6 Å². The van der Waals surface area contributed by atoms with Crippen molar-refractivity contribution in [3.8, 4) is 5.75 Å². The van der Waals surface area contributed by atoms with E-state index >= 15 is 0 Å². The molecule has 2 aromatic carbocycles. The van der Waals surface area contributed by atoms with Gasteiger partial charge in [0.2, 0.25) is 21.9 Å². The molecular weight excluding hydrogens is 526 g/mol. The quantitative estimate of drug-likeness (QED) is 0.267. The third kappa shape index (κ3) is 6.20. The fraction of sp³-hybridized carbons (Fsp3) is 0.385. The Hall–Kier alpha value is -3.97. The van der Waals surface area contributed by atoms with Crippen LogP contribution >= 0.6 is 0 Å². The molecule has 1 aromatic heterocycles. The van der Waals surface area contributed by atoms with Crippen LogP contribution in [0.1, 0.15) is 44.1 Å². The van der Waals surface area contributed by atoms with Crippen LogP contribution < -0.4 is 20.1 Å². The molecule has 2 atom stereocenters. The lowest BCUT2D eigenvalue weighted by Crippen LogP contribution is -2.46. The van der Waals surface area contributed by atoms with Gasteiger partial charge in [0, 0.05) is 0 Å². The largest absolute Gasteiger partial charge is 0.480 e. The summed E-state index contributed by atoms with van der Waals surface area (Å²) < 4.78 is 33.6. The molecule has 13 heteroatoms. The molecule has 2 amide bonds. The van der Waals surface area contributed by atoms with Crippen LogP contribution in [0.3, 0.4) is 0 Å². The highest BCUT2D eigenvalue weighted by molar-refractivity contribution is 7.90. The first-order valence-corrected chi connectivity index (χ1v) is 14.3. The summed E-state index contributed by atoms with van der Waals surface area (Å²) in [6.07, 6.45) is 2.16. The Morgan fingerprint density at radius 3 is 2.64 bits per heavy atom. The van der Waals surface area contributed by atoms with Crippen molar-refractivity contribution in [3.63, 3.8) is 0 Å². The number of carbonyl (C=O) groups is 3. The number of para-hydroxylation sites is 2. The highest BCUT2D eigenvalue weighted by atomic mass is 32.2. The molecule has 5 N–H and O–H groups in total. The van der Waals surface area contributed by atoms with E-state index in [2.05, 4.69) is 25.3 Å². The molecule has 0 spiro atoms. The average Bonchev–Trinajstić information content (AvgIpc) is 3.31. The zero-order valence-electron chi connectivity index (χ0n) is 21.0. The van der Waals surface area contributed by atoms with Crippen LogP contribution in [0.4, 0.5) is 11.6 Å². The maximum Gasteiger partial charge on any atom is 0.322 e. The summed E-state index contributed by atoms with van der Waals surface area (Å²) in [6, 6.07) is 10.6. The van der Waals surface area contributed by atoms with Crippen molar-refractivity contribution in [1.82, 2.24) is 14.7 Å². The first kappa shape index (κ1) is 26.6. The number of sulfonamides is 1. The van der Waals surface area contributed by atoms with Gasteiger partial charge in [-0.05, 0) is 49.1 Å². The zero-order chi connectivity index (χ0) is 27.6. The van der Waals surface area contributed by atoms with Gasteiger partial charge in [0.05, 0.1) is 28.4 Å². The lowest BCUT2D eigenvalue weighted by molar-refractivity contribution is -0.139. The molecule has 2 aliphatic rings. The van der Waals surface area contributed by atoms with E-state index < -0.39 is 45.2 Å². The monoisotopic (exact) mass is 555 g/mol. The number of aromatic nitrogens is 2. The molecule has 1 fully saturated rings. The van der Waals surface area contributed by atoms with Gasteiger partial charge in [0.15, 0.2) is 6.10 Å². The molecule has 206 valence electrons. The second-order valence-corrected chi connectivity index (χ2v) is 11.8. The summed E-state index contributed by atoms with van der Waals surface area (Å²) in [4.78, 5) is 44.3. The van der Waals surface area contributed by atoms with Gasteiger partial charge < -0.3 is 20.1 Å². The smallest absolute Gasteiger partial charge is 0.322 e. The molecular formula is C26H29N5O7S. The van der Waals surface area contributed by atoms with Crippen LogP contribution in [0, 0.1) is 0 Å². The number of carboxylic acid groups (broad SMARTS) is 1. The number of nitrogens with zero attached hydrogens (tertiary/aromatic N) is 1.